The lowest BCUT2D eigenvalue weighted by Gasteiger charge is -2.39. The number of benzene rings is 2. The van der Waals surface area contributed by atoms with Gasteiger partial charge in [0.2, 0.25) is 11.8 Å². The second-order valence-corrected chi connectivity index (χ2v) is 8.44. The molecule has 0 saturated carbocycles. The smallest absolute Gasteiger partial charge is 0.245 e. The third-order valence-electron chi connectivity index (χ3n) is 6.28. The van der Waals surface area contributed by atoms with Crippen LogP contribution in [0.15, 0.2) is 60.8 Å². The van der Waals surface area contributed by atoms with Crippen molar-refractivity contribution in [2.45, 2.75) is 32.4 Å². The van der Waals surface area contributed by atoms with Crippen LogP contribution in [0.25, 0.3) is 11.1 Å². The summed E-state index contributed by atoms with van der Waals surface area (Å²) in [7, 11) is 3.45. The molecule has 2 amide bonds. The Morgan fingerprint density at radius 3 is 2.58 bits per heavy atom. The Balaban J connectivity index is 1.51. The average Bonchev–Trinajstić information content (AvgIpc) is 3.25. The first-order valence-electron chi connectivity index (χ1n) is 11.2. The van der Waals surface area contributed by atoms with Gasteiger partial charge in [-0.3, -0.25) is 14.3 Å². The Bertz CT molecular complexity index is 1120. The Hall–Kier alpha value is -3.61. The molecule has 0 aliphatic carbocycles. The molecule has 1 aromatic heterocycles. The highest BCUT2D eigenvalue weighted by atomic mass is 16.5. The van der Waals surface area contributed by atoms with Gasteiger partial charge in [-0.15, -0.1) is 0 Å². The summed E-state index contributed by atoms with van der Waals surface area (Å²) in [6.45, 7) is 3.57. The van der Waals surface area contributed by atoms with Crippen LogP contribution in [0, 0.1) is 6.92 Å². The maximum Gasteiger partial charge on any atom is 0.245 e. The minimum absolute atomic E-state index is 0.0114. The van der Waals surface area contributed by atoms with E-state index in [9.17, 15) is 9.59 Å². The summed E-state index contributed by atoms with van der Waals surface area (Å²) in [5.41, 5.74) is 4.19. The lowest BCUT2D eigenvalue weighted by Crippen LogP contribution is -2.58. The molecule has 2 aromatic carbocycles. The number of hydrogen-bond donors (Lipinski definition) is 0. The van der Waals surface area contributed by atoms with Crippen molar-refractivity contribution in [2.75, 3.05) is 27.2 Å². The number of rotatable bonds is 7. The first kappa shape index (κ1) is 22.6. The van der Waals surface area contributed by atoms with Crippen molar-refractivity contribution in [2.24, 2.45) is 0 Å². The lowest BCUT2D eigenvalue weighted by atomic mass is 9.97. The molecule has 7 heteroatoms. The Morgan fingerprint density at radius 2 is 1.88 bits per heavy atom. The molecule has 0 bridgehead atoms. The quantitative estimate of drug-likeness (QED) is 0.559. The van der Waals surface area contributed by atoms with Gasteiger partial charge >= 0.3 is 0 Å². The number of hydrogen-bond acceptors (Lipinski definition) is 4. The summed E-state index contributed by atoms with van der Waals surface area (Å²) in [6, 6.07) is 17.5. The maximum atomic E-state index is 13.1. The van der Waals surface area contributed by atoms with Crippen LogP contribution in [0.1, 0.15) is 17.7 Å². The monoisotopic (exact) mass is 446 g/mol. The molecule has 1 fully saturated rings. The van der Waals surface area contributed by atoms with Gasteiger partial charge in [-0.2, -0.15) is 5.10 Å². The van der Waals surface area contributed by atoms with Gasteiger partial charge in [-0.25, -0.2) is 0 Å². The number of carbonyl (C=O) groups excluding carboxylic acids is 2. The number of ether oxygens (including phenoxy) is 1. The van der Waals surface area contributed by atoms with Gasteiger partial charge in [-0.05, 0) is 41.8 Å². The van der Waals surface area contributed by atoms with Crippen LogP contribution in [-0.4, -0.2) is 64.7 Å². The van der Waals surface area contributed by atoms with E-state index in [1.54, 1.807) is 30.2 Å². The van der Waals surface area contributed by atoms with Crippen molar-refractivity contribution in [3.63, 3.8) is 0 Å². The van der Waals surface area contributed by atoms with E-state index in [1.807, 2.05) is 54.1 Å². The van der Waals surface area contributed by atoms with Crippen molar-refractivity contribution < 1.29 is 14.3 Å². The van der Waals surface area contributed by atoms with Crippen LogP contribution >= 0.6 is 0 Å². The standard InChI is InChI=1S/C26H30N4O3/c1-19-11-13-27-30(19)14-12-25(31)29-16-15-28(2)26(32)24(29)18-20-5-4-6-22(17-20)21-7-9-23(33-3)10-8-21/h4-11,13,17,24H,12,14-16,18H2,1-3H3. The van der Waals surface area contributed by atoms with E-state index in [1.165, 1.54) is 0 Å². The summed E-state index contributed by atoms with van der Waals surface area (Å²) in [5.74, 6) is 0.785. The largest absolute Gasteiger partial charge is 0.497 e. The van der Waals surface area contributed by atoms with Crippen molar-refractivity contribution in [3.8, 4) is 16.9 Å². The van der Waals surface area contributed by atoms with Gasteiger partial charge in [0.15, 0.2) is 0 Å². The Kier molecular flexibility index (Phi) is 6.77. The van der Waals surface area contributed by atoms with E-state index >= 15 is 0 Å². The van der Waals surface area contributed by atoms with Crippen LogP contribution in [0.2, 0.25) is 0 Å². The van der Waals surface area contributed by atoms with Crippen molar-refractivity contribution >= 4 is 11.8 Å². The predicted octanol–water partition coefficient (Wildman–Crippen LogP) is 3.17. The molecular weight excluding hydrogens is 416 g/mol. The van der Waals surface area contributed by atoms with Crippen molar-refractivity contribution in [1.29, 1.82) is 0 Å². The summed E-state index contributed by atoms with van der Waals surface area (Å²) in [4.78, 5) is 29.6. The second-order valence-electron chi connectivity index (χ2n) is 8.44. The van der Waals surface area contributed by atoms with Gasteiger partial charge < -0.3 is 14.5 Å². The molecule has 1 aliphatic heterocycles. The van der Waals surface area contributed by atoms with Gasteiger partial charge in [-0.1, -0.05) is 36.4 Å². The number of nitrogens with zero attached hydrogens (tertiary/aromatic N) is 4. The van der Waals surface area contributed by atoms with Crippen LogP contribution in [0.5, 0.6) is 5.75 Å². The van der Waals surface area contributed by atoms with Crippen LogP contribution in [0.4, 0.5) is 0 Å². The SMILES string of the molecule is COc1ccc(-c2cccc(CC3C(=O)N(C)CCN3C(=O)CCn3nccc3C)c2)cc1. The Morgan fingerprint density at radius 1 is 1.09 bits per heavy atom. The number of piperazine rings is 1. The molecule has 3 aromatic rings. The highest BCUT2D eigenvalue weighted by Gasteiger charge is 2.35. The minimum atomic E-state index is -0.499. The molecule has 0 spiro atoms. The lowest BCUT2D eigenvalue weighted by molar-refractivity contribution is -0.150. The number of methoxy groups -OCH3 is 1. The molecule has 4 rings (SSSR count). The van der Waals surface area contributed by atoms with E-state index < -0.39 is 6.04 Å². The molecule has 7 nitrogen and oxygen atoms in total. The Labute approximate surface area is 194 Å². The molecule has 1 atom stereocenters. The van der Waals surface area contributed by atoms with Crippen LogP contribution in [-0.2, 0) is 22.6 Å². The molecule has 1 aliphatic rings. The van der Waals surface area contributed by atoms with Gasteiger partial charge in [0.05, 0.1) is 7.11 Å². The summed E-state index contributed by atoms with van der Waals surface area (Å²) >= 11 is 0. The van der Waals surface area contributed by atoms with E-state index in [4.69, 9.17) is 4.74 Å². The predicted molar refractivity (Wildman–Crippen MR) is 127 cm³/mol. The summed E-state index contributed by atoms with van der Waals surface area (Å²) < 4.78 is 7.07. The van der Waals surface area contributed by atoms with Crippen molar-refractivity contribution in [1.82, 2.24) is 19.6 Å². The van der Waals surface area contributed by atoms with E-state index in [0.717, 1.165) is 28.1 Å². The molecule has 1 unspecified atom stereocenters. The zero-order valence-electron chi connectivity index (χ0n) is 19.4. The number of likely N-dealkylation sites (N-methyl/N-ethyl adjacent to an activating group) is 1. The fourth-order valence-corrected chi connectivity index (χ4v) is 4.27. The fraction of sp³-hybridized carbons (Fsp3) is 0.346. The molecule has 1 saturated heterocycles. The number of aromatic nitrogens is 2. The molecule has 0 radical (unpaired) electrons. The number of amides is 2. The van der Waals surface area contributed by atoms with E-state index in [-0.39, 0.29) is 11.8 Å². The fourth-order valence-electron chi connectivity index (χ4n) is 4.27. The number of carbonyl (C=O) groups is 2. The van der Waals surface area contributed by atoms with Gasteiger partial charge in [0.1, 0.15) is 11.8 Å². The molecule has 2 heterocycles. The average molecular weight is 447 g/mol. The third kappa shape index (κ3) is 5.08. The van der Waals surface area contributed by atoms with E-state index in [2.05, 4.69) is 17.2 Å². The molecule has 172 valence electrons. The number of aryl methyl sites for hydroxylation is 2. The topological polar surface area (TPSA) is 67.7 Å². The highest BCUT2D eigenvalue weighted by molar-refractivity contribution is 5.89. The maximum absolute atomic E-state index is 13.1. The van der Waals surface area contributed by atoms with E-state index in [0.29, 0.717) is 32.5 Å². The van der Waals surface area contributed by atoms with Crippen LogP contribution < -0.4 is 4.74 Å². The highest BCUT2D eigenvalue weighted by Crippen LogP contribution is 2.25. The zero-order valence-corrected chi connectivity index (χ0v) is 19.4. The van der Waals surface area contributed by atoms with Crippen molar-refractivity contribution in [3.05, 3.63) is 72.1 Å². The first-order chi connectivity index (χ1) is 16.0. The minimum Gasteiger partial charge on any atom is -0.497 e. The summed E-state index contributed by atoms with van der Waals surface area (Å²) in [6.07, 6.45) is 2.54. The first-order valence-corrected chi connectivity index (χ1v) is 11.2. The molecule has 0 N–H and O–H groups in total. The normalized spacial score (nSPS) is 16.2. The van der Waals surface area contributed by atoms with Crippen LogP contribution in [0.3, 0.4) is 0 Å². The van der Waals surface area contributed by atoms with Gasteiger partial charge in [0.25, 0.3) is 0 Å². The second kappa shape index (κ2) is 9.90. The zero-order chi connectivity index (χ0) is 23.4. The molecule has 33 heavy (non-hydrogen) atoms. The van der Waals surface area contributed by atoms with Gasteiger partial charge in [0, 0.05) is 51.4 Å². The summed E-state index contributed by atoms with van der Waals surface area (Å²) in [5, 5.41) is 4.26. The molecular formula is C26H30N4O3. The third-order valence-corrected chi connectivity index (χ3v) is 6.28.